The van der Waals surface area contributed by atoms with E-state index in [1.165, 1.54) is 0 Å². The molecule has 0 spiro atoms. The van der Waals surface area contributed by atoms with Crippen LogP contribution in [-0.2, 0) is 13.0 Å². The first kappa shape index (κ1) is 12.3. The fourth-order valence-electron chi connectivity index (χ4n) is 1.72. The van der Waals surface area contributed by atoms with Crippen molar-refractivity contribution in [1.82, 2.24) is 19.5 Å². The van der Waals surface area contributed by atoms with Crippen molar-refractivity contribution in [2.24, 2.45) is 0 Å². The molecule has 0 fully saturated rings. The molecule has 0 aromatic carbocycles. The molecule has 0 aliphatic rings. The Bertz CT molecular complexity index is 532. The van der Waals surface area contributed by atoms with E-state index in [0.717, 1.165) is 18.7 Å². The Morgan fingerprint density at radius 2 is 2.28 bits per heavy atom. The van der Waals surface area contributed by atoms with Crippen LogP contribution in [0.3, 0.4) is 0 Å². The summed E-state index contributed by atoms with van der Waals surface area (Å²) in [6, 6.07) is 0. The van der Waals surface area contributed by atoms with Crippen LogP contribution < -0.4 is 10.9 Å². The van der Waals surface area contributed by atoms with Crippen molar-refractivity contribution in [2.75, 3.05) is 11.9 Å². The summed E-state index contributed by atoms with van der Waals surface area (Å²) >= 11 is 0. The third-order valence-corrected chi connectivity index (χ3v) is 2.59. The lowest BCUT2D eigenvalue weighted by Gasteiger charge is -2.07. The highest BCUT2D eigenvalue weighted by Crippen LogP contribution is 1.96. The van der Waals surface area contributed by atoms with E-state index in [9.17, 15) is 4.79 Å². The zero-order valence-corrected chi connectivity index (χ0v) is 10.4. The normalized spacial score (nSPS) is 10.5. The zero-order chi connectivity index (χ0) is 12.8. The Kier molecular flexibility index (Phi) is 4.11. The highest BCUT2D eigenvalue weighted by atomic mass is 16.1. The summed E-state index contributed by atoms with van der Waals surface area (Å²) in [5.41, 5.74) is -0.0706. The summed E-state index contributed by atoms with van der Waals surface area (Å²) in [5, 5.41) is 3.05. The molecule has 0 radical (unpaired) electrons. The average molecular weight is 247 g/mol. The highest BCUT2D eigenvalue weighted by Gasteiger charge is 2.03. The van der Waals surface area contributed by atoms with Crippen molar-refractivity contribution in [3.8, 4) is 0 Å². The van der Waals surface area contributed by atoms with Gasteiger partial charge in [0.15, 0.2) is 5.82 Å². The molecule has 96 valence electrons. The quantitative estimate of drug-likeness (QED) is 0.799. The Morgan fingerprint density at radius 3 is 3.00 bits per heavy atom. The number of aryl methyl sites for hydroxylation is 1. The van der Waals surface area contributed by atoms with E-state index in [1.54, 1.807) is 29.4 Å². The maximum Gasteiger partial charge on any atom is 0.293 e. The van der Waals surface area contributed by atoms with Gasteiger partial charge in [0.05, 0.1) is 0 Å². The van der Waals surface area contributed by atoms with E-state index in [1.807, 2.05) is 6.92 Å². The lowest BCUT2D eigenvalue weighted by Crippen LogP contribution is -2.25. The van der Waals surface area contributed by atoms with E-state index in [-0.39, 0.29) is 5.56 Å². The summed E-state index contributed by atoms with van der Waals surface area (Å²) in [7, 11) is 0. The summed E-state index contributed by atoms with van der Waals surface area (Å²) in [4.78, 5) is 23.2. The van der Waals surface area contributed by atoms with Crippen molar-refractivity contribution in [3.05, 3.63) is 41.0 Å². The average Bonchev–Trinajstić information content (AvgIpc) is 2.87. The summed E-state index contributed by atoms with van der Waals surface area (Å²) in [6.07, 6.45) is 8.51. The molecule has 0 aliphatic heterocycles. The number of aromatic amines is 1. The number of aromatic nitrogens is 4. The van der Waals surface area contributed by atoms with Gasteiger partial charge in [0.1, 0.15) is 5.82 Å². The molecule has 0 saturated carbocycles. The number of nitrogens with one attached hydrogen (secondary N) is 2. The van der Waals surface area contributed by atoms with Crippen molar-refractivity contribution < 1.29 is 0 Å². The van der Waals surface area contributed by atoms with Gasteiger partial charge in [-0.1, -0.05) is 6.92 Å². The van der Waals surface area contributed by atoms with E-state index in [0.29, 0.717) is 18.9 Å². The fraction of sp³-hybridized carbons (Fsp3) is 0.417. The predicted molar refractivity (Wildman–Crippen MR) is 69.6 cm³/mol. The second kappa shape index (κ2) is 6.00. The smallest absolute Gasteiger partial charge is 0.293 e. The van der Waals surface area contributed by atoms with Gasteiger partial charge in [-0.25, -0.2) is 9.97 Å². The first-order chi connectivity index (χ1) is 8.81. The van der Waals surface area contributed by atoms with E-state index in [2.05, 4.69) is 20.3 Å². The number of nitrogens with zero attached hydrogens (tertiary/aromatic N) is 3. The third kappa shape index (κ3) is 2.97. The maximum atomic E-state index is 12.0. The molecule has 2 aromatic heterocycles. The summed E-state index contributed by atoms with van der Waals surface area (Å²) in [6.45, 7) is 3.39. The summed E-state index contributed by atoms with van der Waals surface area (Å²) < 4.78 is 1.67. The summed E-state index contributed by atoms with van der Waals surface area (Å²) in [5.74, 6) is 1.30. The largest absolute Gasteiger partial charge is 0.365 e. The Labute approximate surface area is 105 Å². The van der Waals surface area contributed by atoms with Gasteiger partial charge in [-0.3, -0.25) is 4.79 Å². The van der Waals surface area contributed by atoms with Crippen LogP contribution in [-0.4, -0.2) is 26.1 Å². The number of rotatable bonds is 6. The number of H-pyrrole nitrogens is 1. The van der Waals surface area contributed by atoms with Gasteiger partial charge >= 0.3 is 0 Å². The van der Waals surface area contributed by atoms with Crippen LogP contribution in [0.4, 0.5) is 5.82 Å². The topological polar surface area (TPSA) is 75.6 Å². The zero-order valence-electron chi connectivity index (χ0n) is 10.4. The van der Waals surface area contributed by atoms with Crippen LogP contribution in [0.25, 0.3) is 0 Å². The molecule has 2 heterocycles. The van der Waals surface area contributed by atoms with Crippen molar-refractivity contribution in [3.63, 3.8) is 0 Å². The van der Waals surface area contributed by atoms with Gasteiger partial charge in [-0.2, -0.15) is 0 Å². The minimum atomic E-state index is -0.0706. The number of hydrogen-bond acceptors (Lipinski definition) is 4. The molecule has 18 heavy (non-hydrogen) atoms. The molecule has 0 bridgehead atoms. The second-order valence-corrected chi connectivity index (χ2v) is 3.99. The molecule has 2 rings (SSSR count). The highest BCUT2D eigenvalue weighted by molar-refractivity contribution is 5.30. The molecular formula is C12H17N5O. The molecule has 0 atom stereocenters. The lowest BCUT2D eigenvalue weighted by molar-refractivity contribution is 0.649. The standard InChI is InChI=1S/C12H17N5O/c1-2-8-17-9-7-16-11(12(17)18)15-4-3-10-13-5-6-14-10/h5-7,9H,2-4,8H2,1H3,(H,13,14)(H,15,16). The first-order valence-electron chi connectivity index (χ1n) is 6.09. The van der Waals surface area contributed by atoms with Crippen LogP contribution >= 0.6 is 0 Å². The first-order valence-corrected chi connectivity index (χ1v) is 6.09. The number of imidazole rings is 1. The minimum absolute atomic E-state index is 0.0706. The molecule has 2 aromatic rings. The van der Waals surface area contributed by atoms with E-state index < -0.39 is 0 Å². The Hall–Kier alpha value is -2.11. The third-order valence-electron chi connectivity index (χ3n) is 2.59. The number of anilines is 1. The minimum Gasteiger partial charge on any atom is -0.365 e. The molecule has 2 N–H and O–H groups in total. The van der Waals surface area contributed by atoms with Crippen LogP contribution in [0.5, 0.6) is 0 Å². The van der Waals surface area contributed by atoms with Crippen molar-refractivity contribution in [2.45, 2.75) is 26.3 Å². The molecular weight excluding hydrogens is 230 g/mol. The van der Waals surface area contributed by atoms with Gasteiger partial charge < -0.3 is 14.9 Å². The predicted octanol–water partition coefficient (Wildman–Crippen LogP) is 1.03. The monoisotopic (exact) mass is 247 g/mol. The second-order valence-electron chi connectivity index (χ2n) is 3.99. The van der Waals surface area contributed by atoms with Crippen molar-refractivity contribution >= 4 is 5.82 Å². The van der Waals surface area contributed by atoms with E-state index >= 15 is 0 Å². The number of hydrogen-bond donors (Lipinski definition) is 2. The van der Waals surface area contributed by atoms with Crippen LogP contribution in [0.2, 0.25) is 0 Å². The maximum absolute atomic E-state index is 12.0. The molecule has 6 nitrogen and oxygen atoms in total. The molecule has 0 unspecified atom stereocenters. The molecule has 6 heteroatoms. The molecule has 0 saturated heterocycles. The van der Waals surface area contributed by atoms with Crippen LogP contribution in [0.1, 0.15) is 19.2 Å². The van der Waals surface area contributed by atoms with Gasteiger partial charge in [-0.05, 0) is 6.42 Å². The Morgan fingerprint density at radius 1 is 1.39 bits per heavy atom. The SMILES string of the molecule is CCCn1ccnc(NCCc2ncc[nH]2)c1=O. The fourth-order valence-corrected chi connectivity index (χ4v) is 1.72. The lowest BCUT2D eigenvalue weighted by atomic mass is 10.4. The van der Waals surface area contributed by atoms with Gasteiger partial charge in [0, 0.05) is 44.3 Å². The van der Waals surface area contributed by atoms with Gasteiger partial charge in [-0.15, -0.1) is 0 Å². The van der Waals surface area contributed by atoms with Gasteiger partial charge in [0.2, 0.25) is 0 Å². The van der Waals surface area contributed by atoms with Crippen LogP contribution in [0.15, 0.2) is 29.6 Å². The Balaban J connectivity index is 1.97. The van der Waals surface area contributed by atoms with E-state index in [4.69, 9.17) is 0 Å². The van der Waals surface area contributed by atoms with Crippen LogP contribution in [0, 0.1) is 0 Å². The molecule has 0 aliphatic carbocycles. The molecule has 0 amide bonds. The van der Waals surface area contributed by atoms with Gasteiger partial charge in [0.25, 0.3) is 5.56 Å². The van der Waals surface area contributed by atoms with Crippen molar-refractivity contribution in [1.29, 1.82) is 0 Å².